The molecule has 2 fully saturated rings. The van der Waals surface area contributed by atoms with Crippen LogP contribution in [0.3, 0.4) is 0 Å². The Hall–Kier alpha value is -9.35. The number of pyridine rings is 2. The number of fused-ring (bicyclic) bond motifs is 2. The number of rotatable bonds is 16. The van der Waals surface area contributed by atoms with Crippen molar-refractivity contribution in [1.29, 1.82) is 10.5 Å². The van der Waals surface area contributed by atoms with Crippen molar-refractivity contribution in [3.63, 3.8) is 0 Å². The van der Waals surface area contributed by atoms with Crippen molar-refractivity contribution < 1.29 is 23.7 Å². The van der Waals surface area contributed by atoms with Crippen molar-refractivity contribution in [3.8, 4) is 46.2 Å². The highest BCUT2D eigenvalue weighted by Gasteiger charge is 2.30. The molecule has 8 aromatic rings. The van der Waals surface area contributed by atoms with E-state index < -0.39 is 21.4 Å². The van der Waals surface area contributed by atoms with Gasteiger partial charge < -0.3 is 39.0 Å². The van der Waals surface area contributed by atoms with Gasteiger partial charge in [0.2, 0.25) is 17.7 Å². The van der Waals surface area contributed by atoms with Crippen LogP contribution in [-0.2, 0) is 0 Å². The zero-order valence-corrected chi connectivity index (χ0v) is 39.6. The fourth-order valence-electron chi connectivity index (χ4n) is 8.20. The molecule has 0 saturated heterocycles. The summed E-state index contributed by atoms with van der Waals surface area (Å²) in [5.41, 5.74) is 4.68. The van der Waals surface area contributed by atoms with Gasteiger partial charge in [0.1, 0.15) is 40.6 Å². The van der Waals surface area contributed by atoms with Gasteiger partial charge in [-0.05, 0) is 64.0 Å². The van der Waals surface area contributed by atoms with Crippen LogP contribution in [-0.4, -0.2) is 102 Å². The van der Waals surface area contributed by atoms with E-state index in [0.29, 0.717) is 52.7 Å². The van der Waals surface area contributed by atoms with Gasteiger partial charge in [-0.25, -0.2) is 29.9 Å². The maximum Gasteiger partial charge on any atom is 0.307 e. The monoisotopic (exact) mass is 972 g/mol. The van der Waals surface area contributed by atoms with E-state index >= 15 is 0 Å². The molecule has 2 aromatic carbocycles. The Labute approximate surface area is 410 Å². The van der Waals surface area contributed by atoms with Gasteiger partial charge in [-0.1, -0.05) is 0 Å². The normalized spacial score (nSPS) is 13.0. The number of hydrogen-bond donors (Lipinski definition) is 2. The molecule has 0 amide bonds. The van der Waals surface area contributed by atoms with E-state index in [1.807, 2.05) is 60.6 Å². The lowest BCUT2D eigenvalue weighted by atomic mass is 10.1. The van der Waals surface area contributed by atoms with Gasteiger partial charge in [-0.2, -0.15) is 14.9 Å². The zero-order valence-electron chi connectivity index (χ0n) is 39.6. The molecule has 2 saturated carbocycles. The fourth-order valence-corrected chi connectivity index (χ4v) is 8.20. The van der Waals surface area contributed by atoms with Crippen LogP contribution in [0.15, 0.2) is 85.7 Å². The lowest BCUT2D eigenvalue weighted by Gasteiger charge is -2.22. The number of benzene rings is 2. The number of hydrogen-bond acceptors (Lipinski definition) is 18. The number of nitrogens with one attached hydrogen (secondary N) is 2. The Balaban J connectivity index is 0.000000180. The van der Waals surface area contributed by atoms with Crippen molar-refractivity contribution in [3.05, 3.63) is 123 Å². The highest BCUT2D eigenvalue weighted by molar-refractivity contribution is 5.96. The summed E-state index contributed by atoms with van der Waals surface area (Å²) in [5.74, 6) is -0.330. The van der Waals surface area contributed by atoms with Gasteiger partial charge in [0.15, 0.2) is 0 Å². The minimum Gasteiger partial charge on any atom is -0.494 e. The summed E-state index contributed by atoms with van der Waals surface area (Å²) in [5, 5.41) is 50.3. The quantitative estimate of drug-likeness (QED) is 0.0675. The summed E-state index contributed by atoms with van der Waals surface area (Å²) in [4.78, 5) is 52.5. The van der Waals surface area contributed by atoms with Crippen molar-refractivity contribution in [2.45, 2.75) is 37.8 Å². The van der Waals surface area contributed by atoms with E-state index in [1.165, 1.54) is 32.7 Å². The van der Waals surface area contributed by atoms with E-state index in [4.69, 9.17) is 9.47 Å². The molecule has 0 radical (unpaired) electrons. The summed E-state index contributed by atoms with van der Waals surface area (Å²) in [6.07, 6.45) is 14.5. The summed E-state index contributed by atoms with van der Waals surface area (Å²) in [7, 11) is 8.52. The second kappa shape index (κ2) is 19.9. The van der Waals surface area contributed by atoms with Crippen molar-refractivity contribution in [1.82, 2.24) is 43.9 Å². The lowest BCUT2D eigenvalue weighted by Crippen LogP contribution is -2.28. The van der Waals surface area contributed by atoms with Gasteiger partial charge in [-0.3, -0.25) is 20.2 Å². The first kappa shape index (κ1) is 47.7. The van der Waals surface area contributed by atoms with Gasteiger partial charge >= 0.3 is 5.69 Å². The van der Waals surface area contributed by atoms with Crippen LogP contribution in [0.1, 0.15) is 48.9 Å². The topological polar surface area (TPSA) is 270 Å². The third-order valence-electron chi connectivity index (χ3n) is 12.1. The van der Waals surface area contributed by atoms with Gasteiger partial charge in [0.05, 0.1) is 70.3 Å². The average molecular weight is 973 g/mol. The van der Waals surface area contributed by atoms with E-state index in [2.05, 4.69) is 61.8 Å². The molecule has 364 valence electrons. The van der Waals surface area contributed by atoms with Crippen LogP contribution in [0.2, 0.25) is 0 Å². The first-order valence-corrected chi connectivity index (χ1v) is 22.5. The Morgan fingerprint density at radius 3 is 1.62 bits per heavy atom. The van der Waals surface area contributed by atoms with E-state index in [0.717, 1.165) is 77.6 Å². The molecule has 0 atom stereocenters. The largest absolute Gasteiger partial charge is 0.494 e. The molecule has 0 spiro atoms. The maximum atomic E-state index is 14.0. The van der Waals surface area contributed by atoms with E-state index in [-0.39, 0.29) is 34.6 Å². The first-order valence-electron chi connectivity index (χ1n) is 22.5. The summed E-state index contributed by atoms with van der Waals surface area (Å²) in [6.45, 7) is 1.32. The molecule has 2 aliphatic carbocycles. The predicted octanol–water partition coefficient (Wildman–Crippen LogP) is 8.86. The summed E-state index contributed by atoms with van der Waals surface area (Å²) < 4.78 is 28.9. The molecular formula is C49H45FN16O6. The highest BCUT2D eigenvalue weighted by atomic mass is 19.1. The Morgan fingerprint density at radius 2 is 1.19 bits per heavy atom. The zero-order chi connectivity index (χ0) is 50.8. The number of aromatic nitrogens is 8. The smallest absolute Gasteiger partial charge is 0.307 e. The predicted molar refractivity (Wildman–Crippen MR) is 265 cm³/mol. The number of nitro groups is 2. The number of nitro benzene ring substituents is 2. The number of likely N-dealkylation sites (N-methyl/N-ethyl adjacent to an activating group) is 2. The molecule has 23 heteroatoms. The standard InChI is InChI=1S/C27H29N9O3.C22H16FN7O3/c1-33(2)10-11-34(3)22-13-24(39-4)21(12-23(22)36(37)38)31-27-30-15-17(14-28)25(32-27)20-16-35(18-7-8-18)26-19(20)6-5-9-29-26;1-33-19-7-16(23)18(30(31)32)8-17(19)27-22-26-10-12(9-24)20(28-22)15-11-29(13-4-5-13)21-14(15)3-2-6-25-21/h5-6,9,12-13,15-16,18H,7-8,10-11H2,1-4H3,(H,30,31,32);2-3,6-8,10-11,13H,4-5H2,1H3,(H,26,27,28). The highest BCUT2D eigenvalue weighted by Crippen LogP contribution is 2.44. The SMILES string of the molecule is COc1cc(F)c([N+](=O)[O-])cc1Nc1ncc(C#N)c(-c2cn(C3CC3)c3ncccc23)n1.COc1cc(N(C)CCN(C)C)c([N+](=O)[O-])cc1Nc1ncc(C#N)c(-c2cn(C3CC3)c3ncccc23)n1. The molecule has 10 rings (SSSR count). The Morgan fingerprint density at radius 1 is 0.722 bits per heavy atom. The van der Waals surface area contributed by atoms with Crippen LogP contribution in [0, 0.1) is 48.7 Å². The second-order valence-electron chi connectivity index (χ2n) is 17.3. The average Bonchev–Trinajstić information content (AvgIpc) is 4.34. The Bertz CT molecular complexity index is 3500. The number of ether oxygens (including phenoxy) is 2. The number of nitrogens with zero attached hydrogens (tertiary/aromatic N) is 14. The van der Waals surface area contributed by atoms with Crippen molar-refractivity contribution in [2.24, 2.45) is 0 Å². The van der Waals surface area contributed by atoms with Gasteiger partial charge in [-0.15, -0.1) is 0 Å². The van der Waals surface area contributed by atoms with Gasteiger partial charge in [0, 0.05) is 103 Å². The number of anilines is 5. The third kappa shape index (κ3) is 9.64. The lowest BCUT2D eigenvalue weighted by molar-refractivity contribution is -0.387. The van der Waals surface area contributed by atoms with Crippen LogP contribution in [0.4, 0.5) is 44.7 Å². The number of methoxy groups -OCH3 is 2. The molecule has 0 bridgehead atoms. The van der Waals surface area contributed by atoms with E-state index in [9.17, 15) is 35.1 Å². The molecule has 0 aliphatic heterocycles. The molecule has 22 nitrogen and oxygen atoms in total. The molecular weight excluding hydrogens is 928 g/mol. The third-order valence-corrected chi connectivity index (χ3v) is 12.1. The number of nitriles is 2. The van der Waals surface area contributed by atoms with Crippen LogP contribution < -0.4 is 25.0 Å². The minimum absolute atomic E-state index is 0.0437. The number of halogens is 1. The fraction of sp³-hybridized carbons (Fsp3) is 0.265. The second-order valence-corrected chi connectivity index (χ2v) is 17.3. The molecule has 72 heavy (non-hydrogen) atoms. The van der Waals surface area contributed by atoms with Crippen molar-refractivity contribution in [2.75, 3.05) is 64.0 Å². The molecule has 2 N–H and O–H groups in total. The molecule has 2 aliphatic rings. The van der Waals surface area contributed by atoms with Crippen LogP contribution >= 0.6 is 0 Å². The van der Waals surface area contributed by atoms with E-state index in [1.54, 1.807) is 25.5 Å². The first-order chi connectivity index (χ1) is 34.8. The van der Waals surface area contributed by atoms with Crippen LogP contribution in [0.25, 0.3) is 44.6 Å². The molecule has 6 heterocycles. The summed E-state index contributed by atoms with van der Waals surface area (Å²) in [6, 6.07) is 17.6. The molecule has 0 unspecified atom stereocenters. The van der Waals surface area contributed by atoms with Crippen LogP contribution in [0.5, 0.6) is 11.5 Å². The minimum atomic E-state index is -1.02. The maximum absolute atomic E-state index is 14.0. The van der Waals surface area contributed by atoms with Crippen molar-refractivity contribution >= 4 is 62.4 Å². The summed E-state index contributed by atoms with van der Waals surface area (Å²) >= 11 is 0. The Kier molecular flexibility index (Phi) is 13.2. The molecule has 6 aromatic heterocycles. The van der Waals surface area contributed by atoms with Gasteiger partial charge in [0.25, 0.3) is 5.69 Å².